The number of rotatable bonds is 8. The summed E-state index contributed by atoms with van der Waals surface area (Å²) in [7, 11) is 3.19. The van der Waals surface area contributed by atoms with Gasteiger partial charge in [-0.2, -0.15) is 0 Å². The van der Waals surface area contributed by atoms with Crippen molar-refractivity contribution in [1.29, 1.82) is 0 Å². The molecule has 1 aromatic heterocycles. The number of carbonyl (C=O) groups excluding carboxylic acids is 1. The lowest BCUT2D eigenvalue weighted by molar-refractivity contribution is -0.121. The summed E-state index contributed by atoms with van der Waals surface area (Å²) in [5, 5.41) is 3.90. The zero-order valence-electron chi connectivity index (χ0n) is 17.8. The quantitative estimate of drug-likeness (QED) is 0.561. The first-order valence-electron chi connectivity index (χ1n) is 10.0. The maximum atomic E-state index is 12.6. The summed E-state index contributed by atoms with van der Waals surface area (Å²) in [5.41, 5.74) is 2.44. The van der Waals surface area contributed by atoms with Crippen LogP contribution in [0.4, 0.5) is 0 Å². The highest BCUT2D eigenvalue weighted by molar-refractivity contribution is 5.82. The van der Waals surface area contributed by atoms with E-state index in [1.165, 1.54) is 0 Å². The van der Waals surface area contributed by atoms with Crippen molar-refractivity contribution >= 4 is 16.9 Å². The minimum absolute atomic E-state index is 0.0926. The van der Waals surface area contributed by atoms with Gasteiger partial charge in [0.2, 0.25) is 5.91 Å². The predicted molar refractivity (Wildman–Crippen MR) is 116 cm³/mol. The van der Waals surface area contributed by atoms with Crippen LogP contribution in [0.25, 0.3) is 11.0 Å². The highest BCUT2D eigenvalue weighted by atomic mass is 16.5. The van der Waals surface area contributed by atoms with Crippen LogP contribution in [0.2, 0.25) is 0 Å². The average molecular weight is 409 g/mol. The van der Waals surface area contributed by atoms with E-state index in [4.69, 9.17) is 13.9 Å². The van der Waals surface area contributed by atoms with E-state index in [1.807, 2.05) is 50.2 Å². The lowest BCUT2D eigenvalue weighted by atomic mass is 10.0. The number of carbonyl (C=O) groups is 1. The molecule has 1 amide bonds. The molecule has 1 atom stereocenters. The van der Waals surface area contributed by atoms with Crippen LogP contribution in [0.3, 0.4) is 0 Å². The van der Waals surface area contributed by atoms with Crippen molar-refractivity contribution in [2.45, 2.75) is 39.2 Å². The van der Waals surface area contributed by atoms with E-state index in [1.54, 1.807) is 20.3 Å². The number of amides is 1. The molecule has 6 nitrogen and oxygen atoms in total. The normalized spacial score (nSPS) is 11.9. The second-order valence-corrected chi connectivity index (χ2v) is 7.16. The van der Waals surface area contributed by atoms with Crippen LogP contribution in [0, 0.1) is 6.92 Å². The molecule has 0 radical (unpaired) electrons. The van der Waals surface area contributed by atoms with Gasteiger partial charge in [0.25, 0.3) is 0 Å². The average Bonchev–Trinajstić information content (AvgIpc) is 2.76. The molecule has 158 valence electrons. The summed E-state index contributed by atoms with van der Waals surface area (Å²) in [6, 6.07) is 12.9. The summed E-state index contributed by atoms with van der Waals surface area (Å²) in [4.78, 5) is 25.0. The van der Waals surface area contributed by atoms with Gasteiger partial charge in [0.1, 0.15) is 17.1 Å². The molecule has 0 saturated heterocycles. The second-order valence-electron chi connectivity index (χ2n) is 7.16. The summed E-state index contributed by atoms with van der Waals surface area (Å²) in [6.45, 7) is 3.90. The molecule has 1 unspecified atom stereocenters. The highest BCUT2D eigenvalue weighted by Crippen LogP contribution is 2.25. The third-order valence-corrected chi connectivity index (χ3v) is 5.36. The largest absolute Gasteiger partial charge is 0.497 e. The predicted octanol–water partition coefficient (Wildman–Crippen LogP) is 4.32. The third-order valence-electron chi connectivity index (χ3n) is 5.36. The van der Waals surface area contributed by atoms with E-state index in [2.05, 4.69) is 5.32 Å². The molecular weight excluding hydrogens is 382 g/mol. The van der Waals surface area contributed by atoms with E-state index in [-0.39, 0.29) is 18.4 Å². The SMILES string of the molecule is CCC(NC(=O)CCc1c(C)c2ccc(OC)cc2oc1=O)c1ccc(OC)cc1. The molecule has 0 fully saturated rings. The van der Waals surface area contributed by atoms with Gasteiger partial charge in [-0.15, -0.1) is 0 Å². The topological polar surface area (TPSA) is 77.8 Å². The monoisotopic (exact) mass is 409 g/mol. The maximum Gasteiger partial charge on any atom is 0.339 e. The van der Waals surface area contributed by atoms with Crippen LogP contribution in [-0.2, 0) is 11.2 Å². The van der Waals surface area contributed by atoms with Gasteiger partial charge < -0.3 is 19.2 Å². The third kappa shape index (κ3) is 4.64. The minimum atomic E-state index is -0.414. The van der Waals surface area contributed by atoms with Gasteiger partial charge in [0.05, 0.1) is 20.3 Å². The molecule has 3 aromatic rings. The standard InChI is InChI=1S/C24H27NO5/c1-5-21(16-6-8-17(28-3)9-7-16)25-23(26)13-12-20-15(2)19-11-10-18(29-4)14-22(19)30-24(20)27/h6-11,14,21H,5,12-13H2,1-4H3,(H,25,26). The fourth-order valence-corrected chi connectivity index (χ4v) is 3.55. The van der Waals surface area contributed by atoms with E-state index in [0.717, 1.165) is 28.7 Å². The summed E-state index contributed by atoms with van der Waals surface area (Å²) in [6.07, 6.45) is 1.29. The smallest absolute Gasteiger partial charge is 0.339 e. The number of aryl methyl sites for hydroxylation is 1. The molecule has 3 rings (SSSR count). The number of hydrogen-bond donors (Lipinski definition) is 1. The van der Waals surface area contributed by atoms with Crippen molar-refractivity contribution in [2.24, 2.45) is 0 Å². The van der Waals surface area contributed by atoms with Crippen molar-refractivity contribution in [3.8, 4) is 11.5 Å². The molecule has 0 aliphatic rings. The Bertz CT molecular complexity index is 1090. The van der Waals surface area contributed by atoms with Gasteiger partial charge in [0, 0.05) is 23.4 Å². The highest BCUT2D eigenvalue weighted by Gasteiger charge is 2.16. The second kappa shape index (κ2) is 9.48. The van der Waals surface area contributed by atoms with Gasteiger partial charge in [0.15, 0.2) is 0 Å². The Hall–Kier alpha value is -3.28. The van der Waals surface area contributed by atoms with E-state index in [9.17, 15) is 9.59 Å². The van der Waals surface area contributed by atoms with Crippen molar-refractivity contribution < 1.29 is 18.7 Å². The van der Waals surface area contributed by atoms with Crippen LogP contribution < -0.4 is 20.4 Å². The van der Waals surface area contributed by atoms with E-state index >= 15 is 0 Å². The van der Waals surface area contributed by atoms with Crippen molar-refractivity contribution in [3.63, 3.8) is 0 Å². The van der Waals surface area contributed by atoms with Crippen LogP contribution in [0.1, 0.15) is 42.5 Å². The van der Waals surface area contributed by atoms with Crippen molar-refractivity contribution in [1.82, 2.24) is 5.32 Å². The molecule has 0 aliphatic heterocycles. The van der Waals surface area contributed by atoms with Gasteiger partial charge >= 0.3 is 5.63 Å². The van der Waals surface area contributed by atoms with Gasteiger partial charge in [-0.25, -0.2) is 4.79 Å². The van der Waals surface area contributed by atoms with E-state index < -0.39 is 5.63 Å². The lowest BCUT2D eigenvalue weighted by Crippen LogP contribution is -2.28. The summed E-state index contributed by atoms with van der Waals surface area (Å²) < 4.78 is 15.8. The number of methoxy groups -OCH3 is 2. The Morgan fingerprint density at radius 2 is 1.73 bits per heavy atom. The zero-order chi connectivity index (χ0) is 21.7. The molecular formula is C24H27NO5. The van der Waals surface area contributed by atoms with Crippen LogP contribution >= 0.6 is 0 Å². The first-order chi connectivity index (χ1) is 14.5. The molecule has 0 saturated carbocycles. The zero-order valence-corrected chi connectivity index (χ0v) is 17.8. The first kappa shape index (κ1) is 21.4. The molecule has 1 heterocycles. The molecule has 6 heteroatoms. The Kier molecular flexibility index (Phi) is 6.77. The molecule has 0 spiro atoms. The summed E-state index contributed by atoms with van der Waals surface area (Å²) >= 11 is 0. The first-order valence-corrected chi connectivity index (χ1v) is 10.0. The van der Waals surface area contributed by atoms with Crippen molar-refractivity contribution in [3.05, 3.63) is 69.6 Å². The Morgan fingerprint density at radius 1 is 1.07 bits per heavy atom. The number of benzene rings is 2. The lowest BCUT2D eigenvalue weighted by Gasteiger charge is -2.18. The Morgan fingerprint density at radius 3 is 2.37 bits per heavy atom. The van der Waals surface area contributed by atoms with Crippen LogP contribution in [0.5, 0.6) is 11.5 Å². The van der Waals surface area contributed by atoms with Gasteiger partial charge in [-0.1, -0.05) is 19.1 Å². The fourth-order valence-electron chi connectivity index (χ4n) is 3.55. The number of fused-ring (bicyclic) bond motifs is 1. The Balaban J connectivity index is 1.71. The molecule has 2 aromatic carbocycles. The van der Waals surface area contributed by atoms with E-state index in [0.29, 0.717) is 23.3 Å². The van der Waals surface area contributed by atoms with Gasteiger partial charge in [-0.05, 0) is 55.2 Å². The molecule has 0 bridgehead atoms. The maximum absolute atomic E-state index is 12.6. The molecule has 1 N–H and O–H groups in total. The number of ether oxygens (including phenoxy) is 2. The Labute approximate surface area is 175 Å². The van der Waals surface area contributed by atoms with Gasteiger partial charge in [-0.3, -0.25) is 4.79 Å². The molecule has 30 heavy (non-hydrogen) atoms. The summed E-state index contributed by atoms with van der Waals surface area (Å²) in [5.74, 6) is 1.30. The number of hydrogen-bond acceptors (Lipinski definition) is 5. The minimum Gasteiger partial charge on any atom is -0.497 e. The fraction of sp³-hybridized carbons (Fsp3) is 0.333. The van der Waals surface area contributed by atoms with Crippen LogP contribution in [0.15, 0.2) is 51.7 Å². The van der Waals surface area contributed by atoms with Crippen LogP contribution in [-0.4, -0.2) is 20.1 Å². The molecule has 0 aliphatic carbocycles. The van der Waals surface area contributed by atoms with Crippen molar-refractivity contribution in [2.75, 3.05) is 14.2 Å². The number of nitrogens with one attached hydrogen (secondary N) is 1.